The SMILES string of the molecule is C=CCN(c1ccc(CO)cc1F)C1CC1. The molecule has 0 amide bonds. The van der Waals surface area contributed by atoms with Crippen molar-refractivity contribution in [3.63, 3.8) is 0 Å². The highest BCUT2D eigenvalue weighted by molar-refractivity contribution is 5.51. The van der Waals surface area contributed by atoms with Crippen molar-refractivity contribution in [3.8, 4) is 0 Å². The molecule has 16 heavy (non-hydrogen) atoms. The molecule has 1 aliphatic carbocycles. The molecular formula is C13H16FNO. The maximum atomic E-state index is 13.8. The van der Waals surface area contributed by atoms with Gasteiger partial charge in [0.05, 0.1) is 12.3 Å². The quantitative estimate of drug-likeness (QED) is 0.772. The summed E-state index contributed by atoms with van der Waals surface area (Å²) in [6.45, 7) is 4.24. The fourth-order valence-electron chi connectivity index (χ4n) is 1.85. The fourth-order valence-corrected chi connectivity index (χ4v) is 1.85. The molecule has 1 fully saturated rings. The van der Waals surface area contributed by atoms with Crippen LogP contribution in [0.5, 0.6) is 0 Å². The Labute approximate surface area is 95.0 Å². The molecule has 1 aromatic carbocycles. The minimum absolute atomic E-state index is 0.123. The molecule has 0 aliphatic heterocycles. The summed E-state index contributed by atoms with van der Waals surface area (Å²) in [5.41, 5.74) is 1.22. The number of halogens is 1. The molecule has 0 aromatic heterocycles. The Bertz CT molecular complexity index is 388. The van der Waals surface area contributed by atoms with Gasteiger partial charge < -0.3 is 10.0 Å². The van der Waals surface area contributed by atoms with Gasteiger partial charge >= 0.3 is 0 Å². The molecule has 0 bridgehead atoms. The van der Waals surface area contributed by atoms with Gasteiger partial charge in [-0.3, -0.25) is 0 Å². The van der Waals surface area contributed by atoms with E-state index in [2.05, 4.69) is 6.58 Å². The van der Waals surface area contributed by atoms with Crippen molar-refractivity contribution in [2.75, 3.05) is 11.4 Å². The van der Waals surface area contributed by atoms with Crippen molar-refractivity contribution in [2.45, 2.75) is 25.5 Å². The Morgan fingerprint density at radius 2 is 2.25 bits per heavy atom. The van der Waals surface area contributed by atoms with E-state index in [1.165, 1.54) is 6.07 Å². The average molecular weight is 221 g/mol. The van der Waals surface area contributed by atoms with Crippen LogP contribution in [0, 0.1) is 5.82 Å². The van der Waals surface area contributed by atoms with Crippen LogP contribution < -0.4 is 4.90 Å². The lowest BCUT2D eigenvalue weighted by atomic mass is 10.2. The number of aliphatic hydroxyl groups excluding tert-OH is 1. The predicted molar refractivity (Wildman–Crippen MR) is 62.9 cm³/mol. The number of benzene rings is 1. The molecule has 2 nitrogen and oxygen atoms in total. The summed E-state index contributed by atoms with van der Waals surface area (Å²) >= 11 is 0. The zero-order valence-corrected chi connectivity index (χ0v) is 9.19. The van der Waals surface area contributed by atoms with E-state index in [4.69, 9.17) is 5.11 Å². The lowest BCUT2D eigenvalue weighted by Gasteiger charge is -2.23. The second-order valence-corrected chi connectivity index (χ2v) is 4.12. The van der Waals surface area contributed by atoms with Gasteiger partial charge in [0.2, 0.25) is 0 Å². The second kappa shape index (κ2) is 4.66. The normalized spacial score (nSPS) is 14.9. The van der Waals surface area contributed by atoms with Gasteiger partial charge in [0, 0.05) is 12.6 Å². The zero-order chi connectivity index (χ0) is 11.5. The summed E-state index contributed by atoms with van der Waals surface area (Å²) < 4.78 is 13.8. The zero-order valence-electron chi connectivity index (χ0n) is 9.19. The maximum Gasteiger partial charge on any atom is 0.146 e. The van der Waals surface area contributed by atoms with Gasteiger partial charge in [0.1, 0.15) is 5.82 Å². The molecule has 0 atom stereocenters. The van der Waals surface area contributed by atoms with E-state index in [1.54, 1.807) is 18.2 Å². The standard InChI is InChI=1S/C13H16FNO/c1-2-7-15(11-4-5-11)13-6-3-10(9-16)8-12(13)14/h2-3,6,8,11,16H,1,4-5,7,9H2. The van der Waals surface area contributed by atoms with Crippen LogP contribution in [-0.4, -0.2) is 17.7 Å². The van der Waals surface area contributed by atoms with Crippen molar-refractivity contribution in [3.05, 3.63) is 42.2 Å². The highest BCUT2D eigenvalue weighted by atomic mass is 19.1. The summed E-state index contributed by atoms with van der Waals surface area (Å²) in [6, 6.07) is 5.35. The Morgan fingerprint density at radius 3 is 2.75 bits per heavy atom. The first-order valence-electron chi connectivity index (χ1n) is 5.53. The Morgan fingerprint density at radius 1 is 1.50 bits per heavy atom. The van der Waals surface area contributed by atoms with E-state index in [0.29, 0.717) is 23.8 Å². The fraction of sp³-hybridized carbons (Fsp3) is 0.385. The van der Waals surface area contributed by atoms with E-state index in [9.17, 15) is 4.39 Å². The lowest BCUT2D eigenvalue weighted by Crippen LogP contribution is -2.26. The van der Waals surface area contributed by atoms with Crippen molar-refractivity contribution in [1.29, 1.82) is 0 Å². The number of hydrogen-bond donors (Lipinski definition) is 1. The monoisotopic (exact) mass is 221 g/mol. The number of hydrogen-bond acceptors (Lipinski definition) is 2. The maximum absolute atomic E-state index is 13.8. The van der Waals surface area contributed by atoms with Gasteiger partial charge in [0.25, 0.3) is 0 Å². The molecule has 0 saturated heterocycles. The molecule has 1 saturated carbocycles. The molecule has 0 unspecified atom stereocenters. The van der Waals surface area contributed by atoms with Crippen LogP contribution in [0.25, 0.3) is 0 Å². The van der Waals surface area contributed by atoms with Gasteiger partial charge in [-0.15, -0.1) is 6.58 Å². The molecule has 86 valence electrons. The minimum Gasteiger partial charge on any atom is -0.392 e. The Kier molecular flexibility index (Phi) is 3.25. The smallest absolute Gasteiger partial charge is 0.146 e. The Balaban J connectivity index is 2.26. The van der Waals surface area contributed by atoms with Crippen LogP contribution in [0.4, 0.5) is 10.1 Å². The first-order valence-corrected chi connectivity index (χ1v) is 5.53. The topological polar surface area (TPSA) is 23.5 Å². The number of aliphatic hydroxyl groups is 1. The van der Waals surface area contributed by atoms with Crippen molar-refractivity contribution in [1.82, 2.24) is 0 Å². The Hall–Kier alpha value is -1.35. The van der Waals surface area contributed by atoms with Gasteiger partial charge in [-0.2, -0.15) is 0 Å². The van der Waals surface area contributed by atoms with Crippen molar-refractivity contribution < 1.29 is 9.50 Å². The van der Waals surface area contributed by atoms with Gasteiger partial charge in [-0.1, -0.05) is 12.1 Å². The van der Waals surface area contributed by atoms with E-state index in [1.807, 2.05) is 4.90 Å². The third-order valence-corrected chi connectivity index (χ3v) is 2.82. The van der Waals surface area contributed by atoms with Crippen LogP contribution >= 0.6 is 0 Å². The molecule has 2 rings (SSSR count). The van der Waals surface area contributed by atoms with Crippen LogP contribution in [0.2, 0.25) is 0 Å². The van der Waals surface area contributed by atoms with Crippen molar-refractivity contribution in [2.24, 2.45) is 0 Å². The summed E-state index contributed by atoms with van der Waals surface area (Å²) in [5.74, 6) is -0.264. The van der Waals surface area contributed by atoms with Crippen LogP contribution in [-0.2, 0) is 6.61 Å². The minimum atomic E-state index is -0.264. The van der Waals surface area contributed by atoms with Gasteiger partial charge in [-0.25, -0.2) is 4.39 Å². The summed E-state index contributed by atoms with van der Waals surface area (Å²) in [6.07, 6.45) is 4.03. The summed E-state index contributed by atoms with van der Waals surface area (Å²) in [4.78, 5) is 2.03. The third kappa shape index (κ3) is 2.25. The first kappa shape index (κ1) is 11.1. The second-order valence-electron chi connectivity index (χ2n) is 4.12. The average Bonchev–Trinajstić information content (AvgIpc) is 3.10. The van der Waals surface area contributed by atoms with E-state index in [-0.39, 0.29) is 12.4 Å². The van der Waals surface area contributed by atoms with E-state index >= 15 is 0 Å². The highest BCUT2D eigenvalue weighted by Crippen LogP contribution is 2.33. The molecule has 0 heterocycles. The summed E-state index contributed by atoms with van der Waals surface area (Å²) in [7, 11) is 0. The number of rotatable bonds is 5. The largest absolute Gasteiger partial charge is 0.392 e. The predicted octanol–water partition coefficient (Wildman–Crippen LogP) is 2.47. The summed E-state index contributed by atoms with van der Waals surface area (Å²) in [5, 5.41) is 8.92. The van der Waals surface area contributed by atoms with Crippen LogP contribution in [0.1, 0.15) is 18.4 Å². The van der Waals surface area contributed by atoms with E-state index < -0.39 is 0 Å². The highest BCUT2D eigenvalue weighted by Gasteiger charge is 2.29. The third-order valence-electron chi connectivity index (χ3n) is 2.82. The van der Waals surface area contributed by atoms with Crippen LogP contribution in [0.3, 0.4) is 0 Å². The molecule has 0 radical (unpaired) electrons. The molecule has 1 N–H and O–H groups in total. The lowest BCUT2D eigenvalue weighted by molar-refractivity contribution is 0.281. The molecular weight excluding hydrogens is 205 g/mol. The first-order chi connectivity index (χ1) is 7.76. The van der Waals surface area contributed by atoms with E-state index in [0.717, 1.165) is 12.8 Å². The van der Waals surface area contributed by atoms with Crippen LogP contribution in [0.15, 0.2) is 30.9 Å². The molecule has 3 heteroatoms. The number of nitrogens with zero attached hydrogens (tertiary/aromatic N) is 1. The molecule has 1 aliphatic rings. The number of anilines is 1. The van der Waals surface area contributed by atoms with Gasteiger partial charge in [0.15, 0.2) is 0 Å². The van der Waals surface area contributed by atoms with Gasteiger partial charge in [-0.05, 0) is 30.5 Å². The van der Waals surface area contributed by atoms with Crippen molar-refractivity contribution >= 4 is 5.69 Å². The molecule has 0 spiro atoms. The molecule has 1 aromatic rings.